The van der Waals surface area contributed by atoms with Gasteiger partial charge in [-0.3, -0.25) is 4.79 Å². The molecule has 1 aliphatic rings. The van der Waals surface area contributed by atoms with Gasteiger partial charge in [-0.2, -0.15) is 17.0 Å². The van der Waals surface area contributed by atoms with Crippen LogP contribution in [0.3, 0.4) is 0 Å². The molecule has 1 saturated carbocycles. The Balaban J connectivity index is 2.54. The van der Waals surface area contributed by atoms with E-state index in [0.717, 1.165) is 25.7 Å². The van der Waals surface area contributed by atoms with Gasteiger partial charge in [-0.15, -0.1) is 0 Å². The smallest absolute Gasteiger partial charge is 0.303 e. The van der Waals surface area contributed by atoms with E-state index < -0.39 is 16.2 Å². The van der Waals surface area contributed by atoms with Crippen molar-refractivity contribution >= 4 is 16.2 Å². The van der Waals surface area contributed by atoms with Crippen molar-refractivity contribution in [1.29, 1.82) is 0 Å². The Kier molecular flexibility index (Phi) is 6.22. The van der Waals surface area contributed by atoms with Crippen LogP contribution in [0.5, 0.6) is 0 Å². The zero-order chi connectivity index (χ0) is 14.5. The minimum Gasteiger partial charge on any atom is -0.481 e. The van der Waals surface area contributed by atoms with Crippen molar-refractivity contribution in [2.75, 3.05) is 20.6 Å². The van der Waals surface area contributed by atoms with Crippen LogP contribution in [0.15, 0.2) is 0 Å². The predicted molar refractivity (Wildman–Crippen MR) is 73.1 cm³/mol. The molecule has 6 nitrogen and oxygen atoms in total. The summed E-state index contributed by atoms with van der Waals surface area (Å²) in [5.41, 5.74) is 0. The molecule has 19 heavy (non-hydrogen) atoms. The Morgan fingerprint density at radius 1 is 1.21 bits per heavy atom. The van der Waals surface area contributed by atoms with E-state index in [9.17, 15) is 13.2 Å². The van der Waals surface area contributed by atoms with E-state index in [2.05, 4.69) is 0 Å². The SMILES string of the molecule is CN(CCCC(=O)O)S(=O)(=O)N(C)C1CCCCC1. The van der Waals surface area contributed by atoms with Gasteiger partial charge < -0.3 is 5.11 Å². The number of aliphatic carboxylic acids is 1. The highest BCUT2D eigenvalue weighted by molar-refractivity contribution is 7.86. The summed E-state index contributed by atoms with van der Waals surface area (Å²) in [6.45, 7) is 0.242. The van der Waals surface area contributed by atoms with Crippen LogP contribution in [0.4, 0.5) is 0 Å². The molecule has 0 aromatic rings. The summed E-state index contributed by atoms with van der Waals surface area (Å²) in [7, 11) is -0.328. The molecule has 0 saturated heterocycles. The third-order valence-corrected chi connectivity index (χ3v) is 5.71. The summed E-state index contributed by atoms with van der Waals surface area (Å²) < 4.78 is 27.3. The fraction of sp³-hybridized carbons (Fsp3) is 0.917. The van der Waals surface area contributed by atoms with Crippen LogP contribution < -0.4 is 0 Å². The van der Waals surface area contributed by atoms with Crippen LogP contribution in [0.2, 0.25) is 0 Å². The van der Waals surface area contributed by atoms with Crippen molar-refractivity contribution < 1.29 is 18.3 Å². The summed E-state index contributed by atoms with van der Waals surface area (Å²) >= 11 is 0. The molecule has 0 aromatic heterocycles. The molecule has 0 spiro atoms. The van der Waals surface area contributed by atoms with Crippen LogP contribution in [0.25, 0.3) is 0 Å². The summed E-state index contributed by atoms with van der Waals surface area (Å²) in [6.07, 6.45) is 5.49. The van der Waals surface area contributed by atoms with Gasteiger partial charge in [0, 0.05) is 33.1 Å². The monoisotopic (exact) mass is 292 g/mol. The summed E-state index contributed by atoms with van der Waals surface area (Å²) in [4.78, 5) is 10.4. The van der Waals surface area contributed by atoms with E-state index >= 15 is 0 Å². The van der Waals surface area contributed by atoms with E-state index in [1.807, 2.05) is 0 Å². The van der Waals surface area contributed by atoms with E-state index in [1.165, 1.54) is 22.1 Å². The standard InChI is InChI=1S/C12H24N2O4S/c1-13(10-6-9-12(15)16)19(17,18)14(2)11-7-4-3-5-8-11/h11H,3-10H2,1-2H3,(H,15,16). The topological polar surface area (TPSA) is 77.9 Å². The largest absolute Gasteiger partial charge is 0.481 e. The van der Waals surface area contributed by atoms with Crippen LogP contribution >= 0.6 is 0 Å². The van der Waals surface area contributed by atoms with Gasteiger partial charge in [-0.25, -0.2) is 0 Å². The first-order valence-electron chi connectivity index (χ1n) is 6.77. The normalized spacial score (nSPS) is 18.1. The molecule has 0 unspecified atom stereocenters. The second kappa shape index (κ2) is 7.21. The number of carbonyl (C=O) groups is 1. The Morgan fingerprint density at radius 3 is 2.32 bits per heavy atom. The van der Waals surface area contributed by atoms with Gasteiger partial charge in [0.05, 0.1) is 0 Å². The van der Waals surface area contributed by atoms with E-state index in [-0.39, 0.29) is 19.0 Å². The highest BCUT2D eigenvalue weighted by Gasteiger charge is 2.30. The lowest BCUT2D eigenvalue weighted by Gasteiger charge is -2.33. The fourth-order valence-electron chi connectivity index (χ4n) is 2.42. The quantitative estimate of drug-likeness (QED) is 0.767. The molecule has 0 heterocycles. The van der Waals surface area contributed by atoms with Crippen molar-refractivity contribution in [3.05, 3.63) is 0 Å². The fourth-order valence-corrected chi connectivity index (χ4v) is 3.81. The third-order valence-electron chi connectivity index (χ3n) is 3.71. The number of rotatable bonds is 7. The van der Waals surface area contributed by atoms with Crippen LogP contribution in [-0.4, -0.2) is 54.8 Å². The lowest BCUT2D eigenvalue weighted by atomic mass is 9.96. The number of nitrogens with zero attached hydrogens (tertiary/aromatic N) is 2. The molecule has 7 heteroatoms. The van der Waals surface area contributed by atoms with Crippen LogP contribution in [0.1, 0.15) is 44.9 Å². The van der Waals surface area contributed by atoms with Crippen molar-refractivity contribution in [3.63, 3.8) is 0 Å². The van der Waals surface area contributed by atoms with E-state index in [4.69, 9.17) is 5.11 Å². The third kappa shape index (κ3) is 4.74. The minimum absolute atomic E-state index is 0.00694. The Bertz CT molecular complexity index is 391. The summed E-state index contributed by atoms with van der Waals surface area (Å²) in [5.74, 6) is -0.897. The first-order chi connectivity index (χ1) is 8.85. The average Bonchev–Trinajstić information content (AvgIpc) is 2.38. The molecule has 0 aromatic carbocycles. The zero-order valence-corrected chi connectivity index (χ0v) is 12.5. The molecule has 112 valence electrons. The highest BCUT2D eigenvalue weighted by atomic mass is 32.2. The van der Waals surface area contributed by atoms with Gasteiger partial charge in [-0.05, 0) is 19.3 Å². The zero-order valence-electron chi connectivity index (χ0n) is 11.7. The maximum absolute atomic E-state index is 12.3. The molecule has 1 rings (SSSR count). The molecular formula is C12H24N2O4S. The Hall–Kier alpha value is -0.660. The van der Waals surface area contributed by atoms with Crippen molar-refractivity contribution in [1.82, 2.24) is 8.61 Å². The first-order valence-corrected chi connectivity index (χ1v) is 8.16. The van der Waals surface area contributed by atoms with Crippen molar-refractivity contribution in [3.8, 4) is 0 Å². The van der Waals surface area contributed by atoms with E-state index in [0.29, 0.717) is 6.42 Å². The summed E-state index contributed by atoms with van der Waals surface area (Å²) in [6, 6.07) is 0.0840. The second-order valence-electron chi connectivity index (χ2n) is 5.13. The number of carboxylic acid groups (broad SMARTS) is 1. The molecule has 0 aliphatic heterocycles. The summed E-state index contributed by atoms with van der Waals surface area (Å²) in [5, 5.41) is 8.56. The molecule has 1 aliphatic carbocycles. The maximum atomic E-state index is 12.3. The number of hydrogen-bond acceptors (Lipinski definition) is 3. The first kappa shape index (κ1) is 16.4. The maximum Gasteiger partial charge on any atom is 0.303 e. The van der Waals surface area contributed by atoms with Crippen molar-refractivity contribution in [2.45, 2.75) is 51.0 Å². The predicted octanol–water partition coefficient (Wildman–Crippen LogP) is 1.29. The molecule has 1 N–H and O–H groups in total. The Morgan fingerprint density at radius 2 is 1.79 bits per heavy atom. The molecule has 0 bridgehead atoms. The molecule has 0 radical (unpaired) electrons. The number of hydrogen-bond donors (Lipinski definition) is 1. The van der Waals surface area contributed by atoms with Gasteiger partial charge in [0.15, 0.2) is 0 Å². The highest BCUT2D eigenvalue weighted by Crippen LogP contribution is 2.24. The van der Waals surface area contributed by atoms with Crippen LogP contribution in [-0.2, 0) is 15.0 Å². The Labute approximate surface area is 115 Å². The molecule has 0 amide bonds. The molecule has 1 fully saturated rings. The van der Waals surface area contributed by atoms with Crippen LogP contribution in [0, 0.1) is 0 Å². The minimum atomic E-state index is -3.46. The van der Waals surface area contributed by atoms with Gasteiger partial charge in [0.25, 0.3) is 10.2 Å². The average molecular weight is 292 g/mol. The van der Waals surface area contributed by atoms with E-state index in [1.54, 1.807) is 7.05 Å². The molecular weight excluding hydrogens is 268 g/mol. The molecule has 0 atom stereocenters. The lowest BCUT2D eigenvalue weighted by molar-refractivity contribution is -0.137. The van der Waals surface area contributed by atoms with Gasteiger partial charge in [0.1, 0.15) is 0 Å². The second-order valence-corrected chi connectivity index (χ2v) is 7.23. The number of carboxylic acids is 1. The lowest BCUT2D eigenvalue weighted by Crippen LogP contribution is -2.45. The van der Waals surface area contributed by atoms with Gasteiger partial charge in [0.2, 0.25) is 0 Å². The van der Waals surface area contributed by atoms with Crippen molar-refractivity contribution in [2.24, 2.45) is 0 Å². The van der Waals surface area contributed by atoms with Gasteiger partial charge in [-0.1, -0.05) is 19.3 Å². The van der Waals surface area contributed by atoms with Gasteiger partial charge >= 0.3 is 5.97 Å².